The molecule has 0 atom stereocenters. The molecule has 0 aliphatic carbocycles. The van der Waals surface area contributed by atoms with E-state index in [1.54, 1.807) is 0 Å². The summed E-state index contributed by atoms with van der Waals surface area (Å²) >= 11 is 0. The molecule has 7 heteroatoms. The highest BCUT2D eigenvalue weighted by molar-refractivity contribution is 6.02. The molecule has 0 unspecified atom stereocenters. The van der Waals surface area contributed by atoms with Crippen molar-refractivity contribution >= 4 is 17.4 Å². The van der Waals surface area contributed by atoms with Gasteiger partial charge in [-0.3, -0.25) is 4.79 Å². The summed E-state index contributed by atoms with van der Waals surface area (Å²) in [5, 5.41) is 0. The molecule has 0 radical (unpaired) electrons. The van der Waals surface area contributed by atoms with Crippen molar-refractivity contribution in [1.82, 2.24) is 4.98 Å². The van der Waals surface area contributed by atoms with Crippen LogP contribution in [0.2, 0.25) is 0 Å². The molecule has 14 heavy (non-hydrogen) atoms. The van der Waals surface area contributed by atoms with E-state index < -0.39 is 18.0 Å². The SMILES string of the molecule is NC(=O)c1c(N)cc(C(F)F)nc1N. The number of hydrogen-bond acceptors (Lipinski definition) is 4. The van der Waals surface area contributed by atoms with E-state index in [0.29, 0.717) is 0 Å². The molecule has 0 fully saturated rings. The molecule has 1 amide bonds. The summed E-state index contributed by atoms with van der Waals surface area (Å²) in [6.45, 7) is 0. The zero-order chi connectivity index (χ0) is 10.9. The molecule has 1 rings (SSSR count). The Balaban J connectivity index is 3.32. The fourth-order valence-corrected chi connectivity index (χ4v) is 0.987. The number of primary amides is 1. The first kappa shape index (κ1) is 10.2. The molecule has 5 nitrogen and oxygen atoms in total. The van der Waals surface area contributed by atoms with Crippen molar-refractivity contribution in [1.29, 1.82) is 0 Å². The fraction of sp³-hybridized carbons (Fsp3) is 0.143. The van der Waals surface area contributed by atoms with Gasteiger partial charge in [0.1, 0.15) is 17.1 Å². The monoisotopic (exact) mass is 202 g/mol. The number of amides is 1. The minimum absolute atomic E-state index is 0.194. The maximum absolute atomic E-state index is 12.2. The molecule has 0 spiro atoms. The van der Waals surface area contributed by atoms with Gasteiger partial charge in [0.15, 0.2) is 0 Å². The normalized spacial score (nSPS) is 10.5. The third-order valence-corrected chi connectivity index (χ3v) is 1.57. The number of halogens is 2. The topological polar surface area (TPSA) is 108 Å². The second-order valence-electron chi connectivity index (χ2n) is 2.56. The number of nitrogens with zero attached hydrogens (tertiary/aromatic N) is 1. The van der Waals surface area contributed by atoms with Crippen LogP contribution in [0.3, 0.4) is 0 Å². The van der Waals surface area contributed by atoms with Gasteiger partial charge in [0.05, 0.1) is 5.69 Å². The number of aromatic nitrogens is 1. The first-order valence-electron chi connectivity index (χ1n) is 3.57. The van der Waals surface area contributed by atoms with Gasteiger partial charge in [-0.15, -0.1) is 0 Å². The molecule has 1 heterocycles. The number of carbonyl (C=O) groups excluding carboxylic acids is 1. The van der Waals surface area contributed by atoms with Gasteiger partial charge in [-0.25, -0.2) is 13.8 Å². The summed E-state index contributed by atoms with van der Waals surface area (Å²) < 4.78 is 24.3. The summed E-state index contributed by atoms with van der Waals surface area (Å²) in [4.78, 5) is 14.1. The molecular weight excluding hydrogens is 194 g/mol. The summed E-state index contributed by atoms with van der Waals surface area (Å²) in [5.41, 5.74) is 14.5. The van der Waals surface area contributed by atoms with Crippen molar-refractivity contribution in [2.45, 2.75) is 6.43 Å². The molecule has 1 aromatic rings. The predicted octanol–water partition coefficient (Wildman–Crippen LogP) is 0.282. The smallest absolute Gasteiger partial charge is 0.280 e. The van der Waals surface area contributed by atoms with Gasteiger partial charge in [-0.05, 0) is 6.07 Å². The van der Waals surface area contributed by atoms with Crippen molar-refractivity contribution in [2.24, 2.45) is 5.73 Å². The third kappa shape index (κ3) is 1.70. The third-order valence-electron chi connectivity index (χ3n) is 1.57. The number of anilines is 2. The van der Waals surface area contributed by atoms with Crippen LogP contribution < -0.4 is 17.2 Å². The van der Waals surface area contributed by atoms with Crippen LogP contribution in [0, 0.1) is 0 Å². The first-order chi connectivity index (χ1) is 6.43. The van der Waals surface area contributed by atoms with E-state index in [9.17, 15) is 13.6 Å². The molecule has 0 saturated carbocycles. The molecule has 6 N–H and O–H groups in total. The highest BCUT2D eigenvalue weighted by Crippen LogP contribution is 2.24. The van der Waals surface area contributed by atoms with E-state index in [2.05, 4.69) is 4.98 Å². The van der Waals surface area contributed by atoms with E-state index >= 15 is 0 Å². The number of carbonyl (C=O) groups is 1. The van der Waals surface area contributed by atoms with E-state index in [0.717, 1.165) is 6.07 Å². The van der Waals surface area contributed by atoms with Crippen molar-refractivity contribution in [3.63, 3.8) is 0 Å². The van der Waals surface area contributed by atoms with Gasteiger partial charge in [-0.2, -0.15) is 0 Å². The highest BCUT2D eigenvalue weighted by atomic mass is 19.3. The standard InChI is InChI=1S/C7H8F2N4O/c8-5(9)3-1-2(10)4(7(12)14)6(11)13-3/h1,5H,(H2,12,14)(H4,10,11,13). The number of hydrogen-bond donors (Lipinski definition) is 3. The zero-order valence-corrected chi connectivity index (χ0v) is 7.00. The second kappa shape index (κ2) is 3.44. The highest BCUT2D eigenvalue weighted by Gasteiger charge is 2.17. The minimum Gasteiger partial charge on any atom is -0.398 e. The van der Waals surface area contributed by atoms with Gasteiger partial charge in [-0.1, -0.05) is 0 Å². The van der Waals surface area contributed by atoms with Gasteiger partial charge >= 0.3 is 0 Å². The zero-order valence-electron chi connectivity index (χ0n) is 7.00. The maximum Gasteiger partial charge on any atom is 0.280 e. The first-order valence-corrected chi connectivity index (χ1v) is 3.57. The lowest BCUT2D eigenvalue weighted by Crippen LogP contribution is -2.17. The molecule has 0 aliphatic heterocycles. The van der Waals surface area contributed by atoms with Gasteiger partial charge in [0.2, 0.25) is 0 Å². The molecule has 0 aliphatic rings. The Morgan fingerprint density at radius 3 is 2.36 bits per heavy atom. The number of rotatable bonds is 2. The predicted molar refractivity (Wildman–Crippen MR) is 46.5 cm³/mol. The van der Waals surface area contributed by atoms with Crippen LogP contribution in [-0.2, 0) is 0 Å². The molecule has 0 aromatic carbocycles. The van der Waals surface area contributed by atoms with Crippen LogP contribution >= 0.6 is 0 Å². The van der Waals surface area contributed by atoms with Crippen LogP contribution in [0.25, 0.3) is 0 Å². The Labute approximate surface area is 77.9 Å². The fourth-order valence-electron chi connectivity index (χ4n) is 0.987. The van der Waals surface area contributed by atoms with E-state index in [-0.39, 0.29) is 17.1 Å². The quantitative estimate of drug-likeness (QED) is 0.640. The Bertz CT molecular complexity index is 357. The van der Waals surface area contributed by atoms with Crippen LogP contribution in [0.15, 0.2) is 6.07 Å². The van der Waals surface area contributed by atoms with Gasteiger partial charge in [0, 0.05) is 0 Å². The number of pyridine rings is 1. The molecule has 0 bridgehead atoms. The van der Waals surface area contributed by atoms with E-state index in [4.69, 9.17) is 17.2 Å². The van der Waals surface area contributed by atoms with E-state index in [1.807, 2.05) is 0 Å². The number of nitrogen functional groups attached to an aromatic ring is 2. The lowest BCUT2D eigenvalue weighted by molar-refractivity contribution is 0.100. The maximum atomic E-state index is 12.2. The summed E-state index contributed by atoms with van der Waals surface area (Å²) in [5.74, 6) is -1.28. The average molecular weight is 202 g/mol. The van der Waals surface area contributed by atoms with E-state index in [1.165, 1.54) is 0 Å². The average Bonchev–Trinajstić information content (AvgIpc) is 2.01. The minimum atomic E-state index is -2.79. The second-order valence-corrected chi connectivity index (χ2v) is 2.56. The van der Waals surface area contributed by atoms with Crippen LogP contribution in [-0.4, -0.2) is 10.9 Å². The van der Waals surface area contributed by atoms with Gasteiger partial charge < -0.3 is 17.2 Å². The number of alkyl halides is 2. The van der Waals surface area contributed by atoms with Crippen molar-refractivity contribution < 1.29 is 13.6 Å². The summed E-state index contributed by atoms with van der Waals surface area (Å²) in [6, 6.07) is 0.876. The largest absolute Gasteiger partial charge is 0.398 e. The Morgan fingerprint density at radius 2 is 2.00 bits per heavy atom. The summed E-state index contributed by atoms with van der Waals surface area (Å²) in [7, 11) is 0. The molecular formula is C7H8F2N4O. The summed E-state index contributed by atoms with van der Waals surface area (Å²) in [6.07, 6.45) is -2.79. The van der Waals surface area contributed by atoms with Crippen LogP contribution in [0.5, 0.6) is 0 Å². The molecule has 1 aromatic heterocycles. The van der Waals surface area contributed by atoms with Gasteiger partial charge in [0.25, 0.3) is 12.3 Å². The van der Waals surface area contributed by atoms with Crippen molar-refractivity contribution in [2.75, 3.05) is 11.5 Å². The van der Waals surface area contributed by atoms with Crippen molar-refractivity contribution in [3.05, 3.63) is 17.3 Å². The van der Waals surface area contributed by atoms with Crippen LogP contribution in [0.1, 0.15) is 22.5 Å². The molecule has 0 saturated heterocycles. The number of nitrogens with two attached hydrogens (primary N) is 3. The Kier molecular flexibility index (Phi) is 2.50. The molecule has 76 valence electrons. The lowest BCUT2D eigenvalue weighted by Gasteiger charge is -2.07. The van der Waals surface area contributed by atoms with Crippen molar-refractivity contribution in [3.8, 4) is 0 Å². The Morgan fingerprint density at radius 1 is 1.43 bits per heavy atom. The Hall–Kier alpha value is -1.92. The lowest BCUT2D eigenvalue weighted by atomic mass is 10.2. The van der Waals surface area contributed by atoms with Crippen LogP contribution in [0.4, 0.5) is 20.3 Å².